The maximum Gasteiger partial charge on any atom is 0.343 e. The van der Waals surface area contributed by atoms with Gasteiger partial charge in [0.2, 0.25) is 0 Å². The van der Waals surface area contributed by atoms with Gasteiger partial charge in [-0.1, -0.05) is 58.4 Å². The molecule has 7 heteroatoms. The molecule has 0 saturated carbocycles. The second-order valence-electron chi connectivity index (χ2n) is 7.30. The van der Waals surface area contributed by atoms with Crippen molar-refractivity contribution in [3.8, 4) is 11.5 Å². The van der Waals surface area contributed by atoms with Crippen LogP contribution >= 0.6 is 15.9 Å². The summed E-state index contributed by atoms with van der Waals surface area (Å²) < 4.78 is 6.32. The first-order valence-electron chi connectivity index (χ1n) is 10.0. The summed E-state index contributed by atoms with van der Waals surface area (Å²) >= 11 is 3.39. The molecule has 2 N–H and O–H groups in total. The molecule has 0 fully saturated rings. The average molecular weight is 503 g/mol. The first-order valence-corrected chi connectivity index (χ1v) is 10.8. The molecule has 0 bridgehead atoms. The Morgan fingerprint density at radius 3 is 2.39 bits per heavy atom. The summed E-state index contributed by atoms with van der Waals surface area (Å²) in [5, 5.41) is 15.9. The number of hydrogen-bond acceptors (Lipinski definition) is 5. The number of nitrogens with zero attached hydrogens (tertiary/aromatic N) is 1. The normalized spacial score (nSPS) is 11.0. The van der Waals surface area contributed by atoms with Crippen LogP contribution in [0.4, 0.5) is 0 Å². The Hall–Kier alpha value is -3.97. The highest BCUT2D eigenvalue weighted by molar-refractivity contribution is 9.10. The third-order valence-electron chi connectivity index (χ3n) is 5.02. The predicted octanol–water partition coefficient (Wildman–Crippen LogP) is 5.60. The van der Waals surface area contributed by atoms with Crippen LogP contribution in [0, 0.1) is 6.92 Å². The molecular formula is C26H19BrN2O4. The Bertz CT molecular complexity index is 1400. The maximum absolute atomic E-state index is 12.6. The molecule has 0 aliphatic rings. The van der Waals surface area contributed by atoms with Crippen LogP contribution in [-0.2, 0) is 0 Å². The van der Waals surface area contributed by atoms with E-state index < -0.39 is 11.9 Å². The molecule has 33 heavy (non-hydrogen) atoms. The van der Waals surface area contributed by atoms with Crippen LogP contribution < -0.4 is 10.2 Å². The Labute approximate surface area is 198 Å². The topological polar surface area (TPSA) is 88.0 Å². The van der Waals surface area contributed by atoms with Crippen molar-refractivity contribution < 1.29 is 19.4 Å². The number of phenolic OH excluding ortho intramolecular Hbond substituents is 1. The molecule has 0 aliphatic carbocycles. The van der Waals surface area contributed by atoms with E-state index in [9.17, 15) is 14.7 Å². The Morgan fingerprint density at radius 1 is 0.939 bits per heavy atom. The second-order valence-corrected chi connectivity index (χ2v) is 8.22. The second kappa shape index (κ2) is 9.67. The number of aromatic hydroxyl groups is 1. The van der Waals surface area contributed by atoms with E-state index in [1.54, 1.807) is 36.4 Å². The van der Waals surface area contributed by atoms with E-state index >= 15 is 0 Å². The third kappa shape index (κ3) is 5.10. The van der Waals surface area contributed by atoms with E-state index in [0.29, 0.717) is 11.1 Å². The fraction of sp³-hybridized carbons (Fsp3) is 0.0385. The quantitative estimate of drug-likeness (QED) is 0.161. The lowest BCUT2D eigenvalue weighted by atomic mass is 10.1. The SMILES string of the molecule is Cc1ccccc1C(=O)Oc1ccc(Br)cc1/C=N\NC(=O)c1cc2ccccc2cc1O. The van der Waals surface area contributed by atoms with Crippen LogP contribution in [0.3, 0.4) is 0 Å². The lowest BCUT2D eigenvalue weighted by molar-refractivity contribution is 0.0733. The van der Waals surface area contributed by atoms with E-state index in [0.717, 1.165) is 20.8 Å². The molecule has 1 amide bonds. The standard InChI is InChI=1S/C26H19BrN2O4/c1-16-6-2-5-9-21(16)26(32)33-24-11-10-20(27)12-19(24)15-28-29-25(31)22-13-17-7-3-4-8-18(17)14-23(22)30/h2-15,30H,1H3,(H,29,31)/b28-15-. The van der Waals surface area contributed by atoms with Gasteiger partial charge >= 0.3 is 5.97 Å². The van der Waals surface area contributed by atoms with E-state index in [1.165, 1.54) is 12.3 Å². The van der Waals surface area contributed by atoms with Crippen molar-refractivity contribution in [1.29, 1.82) is 0 Å². The number of amides is 1. The fourth-order valence-electron chi connectivity index (χ4n) is 3.30. The van der Waals surface area contributed by atoms with Crippen molar-refractivity contribution in [1.82, 2.24) is 5.43 Å². The van der Waals surface area contributed by atoms with Crippen LogP contribution in [0.5, 0.6) is 11.5 Å². The van der Waals surface area contributed by atoms with E-state index in [2.05, 4.69) is 26.5 Å². The number of hydrazone groups is 1. The number of carbonyl (C=O) groups excluding carboxylic acids is 2. The van der Waals surface area contributed by atoms with Crippen molar-refractivity contribution in [3.63, 3.8) is 0 Å². The summed E-state index contributed by atoms with van der Waals surface area (Å²) in [6, 6.07) is 22.8. The summed E-state index contributed by atoms with van der Waals surface area (Å²) in [4.78, 5) is 25.2. The van der Waals surface area contributed by atoms with Crippen molar-refractivity contribution >= 4 is 44.8 Å². The van der Waals surface area contributed by atoms with Gasteiger partial charge < -0.3 is 9.84 Å². The summed E-state index contributed by atoms with van der Waals surface area (Å²) in [5.74, 6) is -0.909. The van der Waals surface area contributed by atoms with Gasteiger partial charge in [-0.2, -0.15) is 5.10 Å². The molecule has 0 heterocycles. The smallest absolute Gasteiger partial charge is 0.343 e. The average Bonchev–Trinajstić information content (AvgIpc) is 2.80. The molecule has 164 valence electrons. The van der Waals surface area contributed by atoms with E-state index in [1.807, 2.05) is 43.3 Å². The number of ether oxygens (including phenoxy) is 1. The number of nitrogens with one attached hydrogen (secondary N) is 1. The Morgan fingerprint density at radius 2 is 1.64 bits per heavy atom. The van der Waals surface area contributed by atoms with Crippen molar-refractivity contribution in [3.05, 3.63) is 106 Å². The minimum absolute atomic E-state index is 0.103. The first-order chi connectivity index (χ1) is 15.9. The maximum atomic E-state index is 12.6. The lowest BCUT2D eigenvalue weighted by Crippen LogP contribution is -2.18. The molecule has 4 aromatic rings. The number of fused-ring (bicyclic) bond motifs is 1. The lowest BCUT2D eigenvalue weighted by Gasteiger charge is -2.09. The number of esters is 1. The van der Waals surface area contributed by atoms with Crippen LogP contribution in [0.2, 0.25) is 0 Å². The highest BCUT2D eigenvalue weighted by Crippen LogP contribution is 2.25. The number of benzene rings is 4. The van der Waals surface area contributed by atoms with Gasteiger partial charge in [-0.3, -0.25) is 4.79 Å². The fourth-order valence-corrected chi connectivity index (χ4v) is 3.68. The molecule has 0 unspecified atom stereocenters. The summed E-state index contributed by atoms with van der Waals surface area (Å²) in [7, 11) is 0. The van der Waals surface area contributed by atoms with Crippen molar-refractivity contribution in [2.75, 3.05) is 0 Å². The van der Waals surface area contributed by atoms with Gasteiger partial charge in [0, 0.05) is 10.0 Å². The highest BCUT2D eigenvalue weighted by Gasteiger charge is 2.14. The Balaban J connectivity index is 1.53. The van der Waals surface area contributed by atoms with Gasteiger partial charge in [0.1, 0.15) is 11.5 Å². The molecule has 0 saturated heterocycles. The van der Waals surface area contributed by atoms with Crippen molar-refractivity contribution in [2.45, 2.75) is 6.92 Å². The molecule has 4 rings (SSSR count). The molecular weight excluding hydrogens is 484 g/mol. The van der Waals surface area contributed by atoms with Crippen molar-refractivity contribution in [2.24, 2.45) is 5.10 Å². The minimum Gasteiger partial charge on any atom is -0.507 e. The van der Waals surface area contributed by atoms with Gasteiger partial charge in [0.05, 0.1) is 17.3 Å². The predicted molar refractivity (Wildman–Crippen MR) is 131 cm³/mol. The summed E-state index contributed by atoms with van der Waals surface area (Å²) in [6.45, 7) is 1.83. The number of carbonyl (C=O) groups is 2. The van der Waals surface area contributed by atoms with Gasteiger partial charge in [-0.15, -0.1) is 0 Å². The van der Waals surface area contributed by atoms with Crippen LogP contribution in [0.1, 0.15) is 31.8 Å². The summed E-state index contributed by atoms with van der Waals surface area (Å²) in [5.41, 5.74) is 4.26. The molecule has 0 atom stereocenters. The third-order valence-corrected chi connectivity index (χ3v) is 5.51. The number of phenols is 1. The molecule has 0 radical (unpaired) electrons. The Kier molecular flexibility index (Phi) is 6.51. The monoisotopic (exact) mass is 502 g/mol. The largest absolute Gasteiger partial charge is 0.507 e. The van der Waals surface area contributed by atoms with Gasteiger partial charge in [0.15, 0.2) is 0 Å². The number of hydrogen-bond donors (Lipinski definition) is 2. The van der Waals surface area contributed by atoms with Gasteiger partial charge in [-0.25, -0.2) is 10.2 Å². The zero-order valence-electron chi connectivity index (χ0n) is 17.6. The van der Waals surface area contributed by atoms with Gasteiger partial charge in [0.25, 0.3) is 5.91 Å². The number of halogens is 1. The molecule has 0 aromatic heterocycles. The number of rotatable bonds is 5. The molecule has 6 nitrogen and oxygen atoms in total. The van der Waals surface area contributed by atoms with Gasteiger partial charge in [-0.05, 0) is 59.7 Å². The van der Waals surface area contributed by atoms with E-state index in [-0.39, 0.29) is 17.1 Å². The van der Waals surface area contributed by atoms with E-state index in [4.69, 9.17) is 4.74 Å². The minimum atomic E-state index is -0.567. The first kappa shape index (κ1) is 22.2. The highest BCUT2D eigenvalue weighted by atomic mass is 79.9. The zero-order chi connectivity index (χ0) is 23.4. The van der Waals surface area contributed by atoms with Crippen LogP contribution in [0.25, 0.3) is 10.8 Å². The molecule has 4 aromatic carbocycles. The summed E-state index contributed by atoms with van der Waals surface area (Å²) in [6.07, 6.45) is 1.38. The van der Waals surface area contributed by atoms with Crippen LogP contribution in [0.15, 0.2) is 88.4 Å². The van der Waals surface area contributed by atoms with Crippen LogP contribution in [-0.4, -0.2) is 23.2 Å². The molecule has 0 spiro atoms. The molecule has 0 aliphatic heterocycles. The number of aryl methyl sites for hydroxylation is 1. The zero-order valence-corrected chi connectivity index (χ0v) is 19.2.